The number of hydrogen-bond acceptors (Lipinski definition) is 2. The highest BCUT2D eigenvalue weighted by molar-refractivity contribution is 14.0. The molecule has 2 N–H and O–H groups in total. The minimum Gasteiger partial charge on any atom is -0.357 e. The predicted octanol–water partition coefficient (Wildman–Crippen LogP) is 3.26. The van der Waals surface area contributed by atoms with E-state index in [1.54, 1.807) is 0 Å². The number of likely N-dealkylation sites (N-methyl/N-ethyl adjacent to an activating group) is 1. The fourth-order valence-corrected chi connectivity index (χ4v) is 2.15. The van der Waals surface area contributed by atoms with Crippen LogP contribution in [0.5, 0.6) is 0 Å². The zero-order valence-corrected chi connectivity index (χ0v) is 16.6. The lowest BCUT2D eigenvalue weighted by Crippen LogP contribution is -2.38. The van der Waals surface area contributed by atoms with Crippen LogP contribution in [-0.2, 0) is 0 Å². The van der Waals surface area contributed by atoms with E-state index in [0.29, 0.717) is 6.04 Å². The maximum absolute atomic E-state index is 4.74. The van der Waals surface area contributed by atoms with Crippen LogP contribution in [0.25, 0.3) is 0 Å². The summed E-state index contributed by atoms with van der Waals surface area (Å²) in [6.07, 6.45) is 2.36. The molecule has 1 rings (SSSR count). The number of hydrogen-bond donors (Lipinski definition) is 2. The molecule has 0 aliphatic heterocycles. The third-order valence-corrected chi connectivity index (χ3v) is 3.40. The summed E-state index contributed by atoms with van der Waals surface area (Å²) in [5.41, 5.74) is 1.30. The van der Waals surface area contributed by atoms with Gasteiger partial charge >= 0.3 is 0 Å². The summed E-state index contributed by atoms with van der Waals surface area (Å²) in [4.78, 5) is 6.95. The largest absolute Gasteiger partial charge is 0.357 e. The zero-order valence-electron chi connectivity index (χ0n) is 14.3. The van der Waals surface area contributed by atoms with Crippen molar-refractivity contribution in [3.05, 3.63) is 35.9 Å². The van der Waals surface area contributed by atoms with Gasteiger partial charge in [-0.05, 0) is 33.0 Å². The van der Waals surface area contributed by atoms with Crippen LogP contribution in [0.1, 0.15) is 38.3 Å². The van der Waals surface area contributed by atoms with Crippen molar-refractivity contribution in [1.82, 2.24) is 15.5 Å². The standard InChI is InChI=1S/C17H30N4.HI/c1-5-7-13-19-17(18-6-2)20-14-16(21(3)4)15-11-9-8-10-12-15;/h8-12,16H,5-7,13-14H2,1-4H3,(H2,18,19,20);1H. The van der Waals surface area contributed by atoms with Crippen molar-refractivity contribution in [2.45, 2.75) is 32.7 Å². The molecule has 0 fully saturated rings. The number of aliphatic imine (C=N–C) groups is 1. The van der Waals surface area contributed by atoms with Crippen molar-refractivity contribution in [2.75, 3.05) is 33.7 Å². The summed E-state index contributed by atoms with van der Waals surface area (Å²) in [5.74, 6) is 0.911. The molecular weight excluding hydrogens is 387 g/mol. The first-order valence-electron chi connectivity index (χ1n) is 7.92. The van der Waals surface area contributed by atoms with Gasteiger partial charge in [0.2, 0.25) is 0 Å². The van der Waals surface area contributed by atoms with Gasteiger partial charge in [0.15, 0.2) is 5.96 Å². The fourth-order valence-electron chi connectivity index (χ4n) is 2.15. The van der Waals surface area contributed by atoms with Crippen molar-refractivity contribution in [2.24, 2.45) is 4.99 Å². The second kappa shape index (κ2) is 12.7. The number of unbranched alkanes of at least 4 members (excludes halogenated alkanes) is 1. The van der Waals surface area contributed by atoms with Gasteiger partial charge in [-0.1, -0.05) is 43.7 Å². The van der Waals surface area contributed by atoms with Crippen LogP contribution in [0.2, 0.25) is 0 Å². The molecule has 0 aromatic heterocycles. The van der Waals surface area contributed by atoms with Crippen molar-refractivity contribution < 1.29 is 0 Å². The van der Waals surface area contributed by atoms with Gasteiger partial charge in [0, 0.05) is 13.1 Å². The molecule has 0 bridgehead atoms. The first-order chi connectivity index (χ1) is 10.2. The van der Waals surface area contributed by atoms with E-state index in [0.717, 1.165) is 25.6 Å². The van der Waals surface area contributed by atoms with Crippen LogP contribution < -0.4 is 10.6 Å². The van der Waals surface area contributed by atoms with Crippen molar-refractivity contribution in [3.8, 4) is 0 Å². The molecule has 0 aliphatic rings. The molecule has 1 aromatic rings. The van der Waals surface area contributed by atoms with Gasteiger partial charge in [0.25, 0.3) is 0 Å². The lowest BCUT2D eigenvalue weighted by molar-refractivity contribution is 0.306. The summed E-state index contributed by atoms with van der Waals surface area (Å²) in [7, 11) is 4.20. The Morgan fingerprint density at radius 3 is 2.36 bits per heavy atom. The summed E-state index contributed by atoms with van der Waals surface area (Å²) in [6.45, 7) is 6.90. The Balaban J connectivity index is 0.00000441. The highest BCUT2D eigenvalue weighted by Gasteiger charge is 2.13. The lowest BCUT2D eigenvalue weighted by Gasteiger charge is -2.23. The highest BCUT2D eigenvalue weighted by atomic mass is 127. The maximum Gasteiger partial charge on any atom is 0.191 e. The number of halogens is 1. The van der Waals surface area contributed by atoms with Crippen molar-refractivity contribution in [1.29, 1.82) is 0 Å². The number of nitrogens with one attached hydrogen (secondary N) is 2. The molecule has 0 radical (unpaired) electrons. The molecule has 0 saturated heterocycles. The van der Waals surface area contributed by atoms with Gasteiger partial charge in [-0.25, -0.2) is 0 Å². The van der Waals surface area contributed by atoms with E-state index in [1.165, 1.54) is 18.4 Å². The van der Waals surface area contributed by atoms with Crippen LogP contribution in [0.15, 0.2) is 35.3 Å². The highest BCUT2D eigenvalue weighted by Crippen LogP contribution is 2.17. The van der Waals surface area contributed by atoms with Crippen LogP contribution in [0, 0.1) is 0 Å². The third kappa shape index (κ3) is 7.98. The Morgan fingerprint density at radius 1 is 1.14 bits per heavy atom. The third-order valence-electron chi connectivity index (χ3n) is 3.40. The minimum atomic E-state index is 0. The quantitative estimate of drug-likeness (QED) is 0.295. The summed E-state index contributed by atoms with van der Waals surface area (Å²) in [6, 6.07) is 10.8. The summed E-state index contributed by atoms with van der Waals surface area (Å²) >= 11 is 0. The van der Waals surface area contributed by atoms with Gasteiger partial charge in [-0.15, -0.1) is 24.0 Å². The van der Waals surface area contributed by atoms with Gasteiger partial charge in [-0.2, -0.15) is 0 Å². The monoisotopic (exact) mass is 418 g/mol. The van der Waals surface area contributed by atoms with Crippen LogP contribution in [0.3, 0.4) is 0 Å². The Morgan fingerprint density at radius 2 is 1.82 bits per heavy atom. The lowest BCUT2D eigenvalue weighted by atomic mass is 10.1. The molecule has 5 heteroatoms. The smallest absolute Gasteiger partial charge is 0.191 e. The van der Waals surface area contributed by atoms with Crippen LogP contribution >= 0.6 is 24.0 Å². The summed E-state index contributed by atoms with van der Waals surface area (Å²) < 4.78 is 0. The predicted molar refractivity (Wildman–Crippen MR) is 107 cm³/mol. The van der Waals surface area contributed by atoms with Gasteiger partial charge in [-0.3, -0.25) is 4.99 Å². The molecule has 4 nitrogen and oxygen atoms in total. The van der Waals surface area contributed by atoms with Gasteiger partial charge < -0.3 is 15.5 Å². The van der Waals surface area contributed by atoms with E-state index in [1.807, 2.05) is 0 Å². The minimum absolute atomic E-state index is 0. The van der Waals surface area contributed by atoms with E-state index in [-0.39, 0.29) is 24.0 Å². The molecule has 22 heavy (non-hydrogen) atoms. The van der Waals surface area contributed by atoms with Gasteiger partial charge in [0.1, 0.15) is 0 Å². The van der Waals surface area contributed by atoms with E-state index in [9.17, 15) is 0 Å². The number of guanidine groups is 1. The van der Waals surface area contributed by atoms with E-state index >= 15 is 0 Å². The molecular formula is C17H31IN4. The molecule has 1 unspecified atom stereocenters. The molecule has 126 valence electrons. The van der Waals surface area contributed by atoms with Crippen LogP contribution in [0.4, 0.5) is 0 Å². The average Bonchev–Trinajstić information content (AvgIpc) is 2.48. The van der Waals surface area contributed by atoms with Crippen LogP contribution in [-0.4, -0.2) is 44.6 Å². The second-order valence-corrected chi connectivity index (χ2v) is 5.39. The first kappa shape index (κ1) is 21.2. The van der Waals surface area contributed by atoms with E-state index in [4.69, 9.17) is 4.99 Å². The SMILES string of the molecule is CCCCNC(=NCC(c1ccccc1)N(C)C)NCC.I. The molecule has 1 aromatic carbocycles. The second-order valence-electron chi connectivity index (χ2n) is 5.39. The first-order valence-corrected chi connectivity index (χ1v) is 7.92. The Bertz CT molecular complexity index is 406. The number of nitrogens with zero attached hydrogens (tertiary/aromatic N) is 2. The fraction of sp³-hybridized carbons (Fsp3) is 0.588. The van der Waals surface area contributed by atoms with E-state index < -0.39 is 0 Å². The Labute approximate surface area is 152 Å². The molecule has 0 amide bonds. The molecule has 0 spiro atoms. The number of rotatable bonds is 8. The Hall–Kier alpha value is -0.820. The molecule has 0 heterocycles. The van der Waals surface area contributed by atoms with Crippen molar-refractivity contribution in [3.63, 3.8) is 0 Å². The number of benzene rings is 1. The molecule has 1 atom stereocenters. The zero-order chi connectivity index (χ0) is 15.5. The van der Waals surface area contributed by atoms with Gasteiger partial charge in [0.05, 0.1) is 12.6 Å². The molecule has 0 saturated carbocycles. The van der Waals surface area contributed by atoms with E-state index in [2.05, 4.69) is 73.8 Å². The Kier molecular flexibility index (Phi) is 12.2. The van der Waals surface area contributed by atoms with Crippen molar-refractivity contribution >= 4 is 29.9 Å². The maximum atomic E-state index is 4.74. The normalized spacial score (nSPS) is 12.7. The average molecular weight is 418 g/mol. The topological polar surface area (TPSA) is 39.7 Å². The molecule has 0 aliphatic carbocycles. The summed E-state index contributed by atoms with van der Waals surface area (Å²) in [5, 5.41) is 6.70.